The van der Waals surface area contributed by atoms with Gasteiger partial charge in [-0.1, -0.05) is 66.7 Å². The van der Waals surface area contributed by atoms with Gasteiger partial charge in [0.05, 0.1) is 91.2 Å². The summed E-state index contributed by atoms with van der Waals surface area (Å²) in [4.78, 5) is 126. The average molecular weight is 1300 g/mol. The van der Waals surface area contributed by atoms with E-state index in [1.165, 1.54) is 112 Å². The fourth-order valence-electron chi connectivity index (χ4n) is 11.1. The van der Waals surface area contributed by atoms with Crippen molar-refractivity contribution >= 4 is 66.9 Å². The van der Waals surface area contributed by atoms with E-state index in [2.05, 4.69) is 60.5 Å². The van der Waals surface area contributed by atoms with E-state index >= 15 is 0 Å². The van der Waals surface area contributed by atoms with Crippen LogP contribution in [0.25, 0.3) is 60.8 Å². The third-order valence-electron chi connectivity index (χ3n) is 15.6. The van der Waals surface area contributed by atoms with E-state index in [9.17, 15) is 46.7 Å². The zero-order chi connectivity index (χ0) is 68.0. The molecule has 6 aromatic carbocycles. The number of nitrogens with one attached hydrogen (secondary N) is 4. The van der Waals surface area contributed by atoms with Crippen molar-refractivity contribution in [1.82, 2.24) is 63.5 Å². The molecule has 13 aromatic rings. The summed E-state index contributed by atoms with van der Waals surface area (Å²) >= 11 is 0. The van der Waals surface area contributed by atoms with E-state index in [-0.39, 0.29) is 55.4 Å². The minimum Gasteiger partial charge on any atom is -0.360 e. The van der Waals surface area contributed by atoms with Gasteiger partial charge in [0, 0.05) is 25.1 Å². The second-order valence-electron chi connectivity index (χ2n) is 22.2. The number of hydrogen-bond acceptors (Lipinski definition) is 18. The number of carbonyl (C=O) groups is 2. The molecule has 23 nitrogen and oxygen atoms in total. The van der Waals surface area contributed by atoms with Gasteiger partial charge in [0.15, 0.2) is 17.0 Å². The van der Waals surface area contributed by atoms with Gasteiger partial charge in [-0.25, -0.2) is 53.0 Å². The van der Waals surface area contributed by atoms with Crippen molar-refractivity contribution in [2.45, 2.75) is 51.7 Å². The van der Waals surface area contributed by atoms with Crippen molar-refractivity contribution in [2.24, 2.45) is 5.73 Å². The lowest BCUT2D eigenvalue weighted by Crippen LogP contribution is -2.28. The quantitative estimate of drug-likeness (QED) is 0.0850. The van der Waals surface area contributed by atoms with Gasteiger partial charge in [-0.05, 0) is 124 Å². The van der Waals surface area contributed by atoms with Crippen LogP contribution < -0.4 is 44.0 Å². The van der Waals surface area contributed by atoms with Crippen molar-refractivity contribution in [2.75, 3.05) is 10.6 Å². The maximum atomic E-state index is 13.9. The van der Waals surface area contributed by atoms with Gasteiger partial charge in [-0.15, -0.1) is 0 Å². The van der Waals surface area contributed by atoms with Crippen molar-refractivity contribution in [3.63, 3.8) is 0 Å². The summed E-state index contributed by atoms with van der Waals surface area (Å²) in [5.41, 5.74) is 9.50. The molecule has 7 heterocycles. The Kier molecular flexibility index (Phi) is 18.4. The molecule has 0 amide bonds. The maximum absolute atomic E-state index is 13.9. The van der Waals surface area contributed by atoms with Crippen molar-refractivity contribution in [1.29, 1.82) is 0 Å². The van der Waals surface area contributed by atoms with Gasteiger partial charge < -0.3 is 26.3 Å². The van der Waals surface area contributed by atoms with Crippen LogP contribution in [0.15, 0.2) is 225 Å². The molecule has 0 radical (unpaired) electrons. The number of pyridine rings is 1. The smallest absolute Gasteiger partial charge is 0.266 e. The number of nitrogens with zero attached hydrogens (tertiary/aromatic N) is 11. The largest absolute Gasteiger partial charge is 0.360 e. The van der Waals surface area contributed by atoms with E-state index < -0.39 is 41.1 Å². The van der Waals surface area contributed by atoms with Gasteiger partial charge in [-0.2, -0.15) is 0 Å². The normalized spacial score (nSPS) is 13.1. The van der Waals surface area contributed by atoms with Crippen LogP contribution in [0.5, 0.6) is 0 Å². The molecule has 0 saturated carbocycles. The lowest BCUT2D eigenvalue weighted by atomic mass is 10.0. The molecule has 0 bridgehead atoms. The molecule has 2 aliphatic carbocycles. The molecular weight excluding hydrogens is 1250 g/mol. The molecule has 0 unspecified atom stereocenters. The van der Waals surface area contributed by atoms with Crippen LogP contribution in [0.3, 0.4) is 0 Å². The number of ketones is 2. The summed E-state index contributed by atoms with van der Waals surface area (Å²) in [6, 6.07) is 38.9. The number of benzene rings is 6. The van der Waals surface area contributed by atoms with Crippen molar-refractivity contribution < 1.29 is 22.8 Å². The first-order chi connectivity index (χ1) is 46.9. The summed E-state index contributed by atoms with van der Waals surface area (Å²) in [7, 11) is 0. The Labute approximate surface area is 546 Å². The number of anilines is 2. The minimum atomic E-state index is -0.532. The fourth-order valence-corrected chi connectivity index (χ4v) is 11.1. The van der Waals surface area contributed by atoms with Crippen LogP contribution in [0.4, 0.5) is 24.8 Å². The predicted octanol–water partition coefficient (Wildman–Crippen LogP) is 9.72. The lowest BCUT2D eigenvalue weighted by Gasteiger charge is -2.22. The standard InChI is InChI=1S/C24H18FN5O2.C23H17FN6O2.C16H14FN3O.C8H6N2O2/c1-14(28-22-21-19(26-13-27-22)8-5-9-20(21)31)23-29-18-11-10-15(25)12-17(18)24(32)30(23)16-6-3-2-4-7-16;1-13(28-21-19-18(31)9-10-25-20(19)26-12-27-21)22-29-17-8-7-14(24)11-16(17)23(32)30(22)15-5-3-2-4-6-15;1-10(18)15-19-14-8-7-11(17)9-13(14)16(21)20(15)12-5-3-2-4-6-12;11-6-3-1-2-5-7(6)8(12)10-4-9-5/h2-7,9-14H,8H2,1H3,(H,26,27,28);2-13H,1H3,(H2,25,26,27,28,31);2-10H,18H2,1H3;1,3-4H,2H2,(H,9,10,12)/t14-;13-;10-;/m000./s1. The highest BCUT2D eigenvalue weighted by Gasteiger charge is 2.26. The van der Waals surface area contributed by atoms with E-state index in [1.54, 1.807) is 67.6 Å². The Bertz CT molecular complexity index is 5600. The number of carbonyl (C=O) groups excluding carboxylic acids is 2. The highest BCUT2D eigenvalue weighted by atomic mass is 19.1. The average Bonchev–Trinajstić information content (AvgIpc) is 0.812. The molecule has 0 fully saturated rings. The first-order valence-corrected chi connectivity index (χ1v) is 30.2. The van der Waals surface area contributed by atoms with Crippen LogP contribution in [0, 0.1) is 17.5 Å². The minimum absolute atomic E-state index is 0.175. The first kappa shape index (κ1) is 64.3. The maximum Gasteiger partial charge on any atom is 0.266 e. The number of aromatic nitrogens is 13. The number of halogens is 3. The lowest BCUT2D eigenvalue weighted by molar-refractivity contribution is 0.103. The summed E-state index contributed by atoms with van der Waals surface area (Å²) in [5, 5.41) is 7.32. The van der Waals surface area contributed by atoms with Gasteiger partial charge >= 0.3 is 0 Å². The molecule has 26 heteroatoms. The van der Waals surface area contributed by atoms with E-state index in [0.717, 1.165) is 0 Å². The topological polar surface area (TPSA) is 319 Å². The number of rotatable bonds is 10. The molecule has 482 valence electrons. The molecule has 6 N–H and O–H groups in total. The SMILES string of the molecule is C[C@H](N)c1nc2ccc(F)cc2c(=O)n1-c1ccccc1.C[C@H](Nc1ncnc2[nH]ccc(=O)c12)c1nc2ccc(F)cc2c(=O)n1-c1ccccc1.C[C@H](Nc1ncnc2c1C(=O)C=CC2)c1nc2ccc(F)cc2c(=O)n1-c1ccccc1.O=C1C=CCc2nc[nH]c(=O)c21. The Morgan fingerprint density at radius 1 is 0.474 bits per heavy atom. The van der Waals surface area contributed by atoms with E-state index in [4.69, 9.17) is 5.73 Å². The summed E-state index contributed by atoms with van der Waals surface area (Å²) < 4.78 is 45.4. The van der Waals surface area contributed by atoms with Gasteiger partial charge in [0.2, 0.25) is 0 Å². The Balaban J connectivity index is 0.000000130. The zero-order valence-corrected chi connectivity index (χ0v) is 51.7. The molecule has 3 atom stereocenters. The molecule has 0 saturated heterocycles. The molecule has 7 aromatic heterocycles. The van der Waals surface area contributed by atoms with Crippen LogP contribution in [0.1, 0.15) is 88.5 Å². The number of nitrogens with two attached hydrogens (primary N) is 1. The first-order valence-electron chi connectivity index (χ1n) is 30.2. The number of para-hydroxylation sites is 3. The van der Waals surface area contributed by atoms with Crippen LogP contribution >= 0.6 is 0 Å². The van der Waals surface area contributed by atoms with Gasteiger partial charge in [-0.3, -0.25) is 47.3 Å². The Hall–Kier alpha value is -12.8. The third kappa shape index (κ3) is 13.4. The number of aromatic amines is 2. The van der Waals surface area contributed by atoms with Crippen molar-refractivity contribution in [3.8, 4) is 17.1 Å². The second-order valence-corrected chi connectivity index (χ2v) is 22.2. The highest BCUT2D eigenvalue weighted by Crippen LogP contribution is 2.28. The summed E-state index contributed by atoms with van der Waals surface area (Å²) in [6.07, 6.45) is 13.1. The van der Waals surface area contributed by atoms with Gasteiger partial charge in [0.25, 0.3) is 22.2 Å². The highest BCUT2D eigenvalue weighted by molar-refractivity contribution is 6.09. The molecule has 97 heavy (non-hydrogen) atoms. The zero-order valence-electron chi connectivity index (χ0n) is 51.7. The number of allylic oxidation sites excluding steroid dienone is 4. The van der Waals surface area contributed by atoms with E-state index in [0.29, 0.717) is 104 Å². The van der Waals surface area contributed by atoms with E-state index in [1.807, 2.05) is 56.3 Å². The number of H-pyrrole nitrogens is 2. The molecule has 0 aliphatic heterocycles. The second kappa shape index (κ2) is 27.8. The Morgan fingerprint density at radius 2 is 0.897 bits per heavy atom. The van der Waals surface area contributed by atoms with Gasteiger partial charge in [0.1, 0.15) is 75.8 Å². The van der Waals surface area contributed by atoms with Crippen LogP contribution in [-0.4, -0.2) is 75.1 Å². The molecule has 0 spiro atoms. The van der Waals surface area contributed by atoms with Crippen LogP contribution in [0.2, 0.25) is 0 Å². The molecule has 15 rings (SSSR count). The predicted molar refractivity (Wildman–Crippen MR) is 360 cm³/mol. The summed E-state index contributed by atoms with van der Waals surface area (Å²) in [6.45, 7) is 5.40. The number of fused-ring (bicyclic) bond motifs is 6. The monoisotopic (exact) mass is 1300 g/mol. The fraction of sp³-hybridized carbons (Fsp3) is 0.113. The number of hydrogen-bond donors (Lipinski definition) is 5. The van der Waals surface area contributed by atoms with Crippen molar-refractivity contribution in [3.05, 3.63) is 310 Å². The Morgan fingerprint density at radius 3 is 1.37 bits per heavy atom. The summed E-state index contributed by atoms with van der Waals surface area (Å²) in [5.74, 6) is 0.0263. The third-order valence-corrected chi connectivity index (χ3v) is 15.6. The molecule has 2 aliphatic rings. The van der Waals surface area contributed by atoms with Crippen LogP contribution in [-0.2, 0) is 12.8 Å². The molecular formula is C71H55F3N16O7.